The van der Waals surface area contributed by atoms with Crippen molar-refractivity contribution in [1.82, 2.24) is 0 Å². The Balaban J connectivity index is 2.74. The third-order valence-electron chi connectivity index (χ3n) is 0.865. The minimum Gasteiger partial charge on any atom is -0.620 e. The molecule has 1 unspecified atom stereocenters. The second-order valence-corrected chi connectivity index (χ2v) is 1.95. The Morgan fingerprint density at radius 1 is 1.50 bits per heavy atom. The molecule has 8 heavy (non-hydrogen) atoms. The Kier molecular flexibility index (Phi) is 1.53. The maximum atomic E-state index is 10.5. The Hall–Kier alpha value is -0.510. The number of hydrogen-bond acceptors (Lipinski definition) is 1. The molecule has 0 amide bonds. The van der Waals surface area contributed by atoms with E-state index in [9.17, 15) is 5.21 Å². The summed E-state index contributed by atoms with van der Waals surface area (Å²) in [7, 11) is 0. The van der Waals surface area contributed by atoms with Gasteiger partial charge in [0.05, 0.1) is 6.08 Å². The smallest absolute Gasteiger partial charge is 0.380 e. The fourth-order valence-electron chi connectivity index (χ4n) is 0.457. The lowest BCUT2D eigenvalue weighted by molar-refractivity contribution is -0.679. The molecule has 42 valence electrons. The maximum absolute atomic E-state index is 10.5. The van der Waals surface area contributed by atoms with Crippen molar-refractivity contribution < 1.29 is 5.06 Å². The monoisotopic (exact) mass is 128 g/mol. The van der Waals surface area contributed by atoms with Gasteiger partial charge < -0.3 is 5.21 Å². The van der Waals surface area contributed by atoms with Crippen molar-refractivity contribution in [2.24, 2.45) is 0 Å². The zero-order valence-electron chi connectivity index (χ0n) is 4.16. The summed E-state index contributed by atoms with van der Waals surface area (Å²) < 4.78 is 0. The highest BCUT2D eigenvalue weighted by Gasteiger charge is 2.07. The van der Waals surface area contributed by atoms with Gasteiger partial charge in [-0.15, -0.1) is 0 Å². The van der Waals surface area contributed by atoms with Crippen LogP contribution < -0.4 is 5.06 Å². The number of rotatable bonds is 0. The van der Waals surface area contributed by atoms with Crippen molar-refractivity contribution in [1.29, 1.82) is 0 Å². The Labute approximate surface area is 52.7 Å². The number of allylic oxidation sites excluding steroid dienone is 2. The van der Waals surface area contributed by atoms with Gasteiger partial charge in [-0.25, -0.2) is 0 Å². The quantitative estimate of drug-likeness (QED) is 0.190. The van der Waals surface area contributed by atoms with Gasteiger partial charge in [0.1, 0.15) is 6.20 Å². The van der Waals surface area contributed by atoms with Gasteiger partial charge in [-0.3, -0.25) is 5.06 Å². The molecule has 1 atom stereocenters. The standard InChI is InChI=1S/C5H5NOS/c7-6-4-2-1-3-5(6)8/h1-4,6H/p+1. The van der Waals surface area contributed by atoms with Gasteiger partial charge in [0, 0.05) is 0 Å². The molecule has 0 radical (unpaired) electrons. The summed E-state index contributed by atoms with van der Waals surface area (Å²) in [6.45, 7) is 0. The van der Waals surface area contributed by atoms with Crippen LogP contribution in [0.5, 0.6) is 0 Å². The van der Waals surface area contributed by atoms with E-state index in [1.807, 2.05) is 0 Å². The fourth-order valence-corrected chi connectivity index (χ4v) is 0.618. The first-order valence-corrected chi connectivity index (χ1v) is 2.70. The van der Waals surface area contributed by atoms with Crippen molar-refractivity contribution in [3.63, 3.8) is 0 Å². The molecule has 0 aromatic heterocycles. The van der Waals surface area contributed by atoms with Gasteiger partial charge in [0.25, 0.3) is 0 Å². The van der Waals surface area contributed by atoms with E-state index < -0.39 is 0 Å². The molecule has 0 aromatic rings. The van der Waals surface area contributed by atoms with Crippen LogP contribution in [0.3, 0.4) is 0 Å². The lowest BCUT2D eigenvalue weighted by Gasteiger charge is -2.10. The molecular weight excluding hydrogens is 122 g/mol. The number of hydrogen-bond donors (Lipinski definition) is 1. The largest absolute Gasteiger partial charge is 0.620 e. The molecule has 0 saturated carbocycles. The molecule has 0 aromatic carbocycles. The number of hydroxylamine groups is 2. The average molecular weight is 128 g/mol. The summed E-state index contributed by atoms with van der Waals surface area (Å²) in [5.41, 5.74) is 0. The number of nitrogens with one attached hydrogen (secondary N) is 1. The first-order valence-electron chi connectivity index (χ1n) is 2.26. The predicted molar refractivity (Wildman–Crippen MR) is 36.4 cm³/mol. The summed E-state index contributed by atoms with van der Waals surface area (Å²) in [6, 6.07) is 0. The van der Waals surface area contributed by atoms with E-state index in [1.165, 1.54) is 6.20 Å². The molecule has 0 spiro atoms. The second kappa shape index (κ2) is 2.17. The van der Waals surface area contributed by atoms with Gasteiger partial charge in [-0.2, -0.15) is 0 Å². The first-order chi connectivity index (χ1) is 3.80. The molecule has 1 N–H and O–H groups in total. The molecule has 1 aliphatic heterocycles. The van der Waals surface area contributed by atoms with Crippen LogP contribution >= 0.6 is 0 Å². The van der Waals surface area contributed by atoms with Crippen LogP contribution in [0.4, 0.5) is 0 Å². The molecule has 3 heteroatoms. The minimum absolute atomic E-state index is 0.0177. The summed E-state index contributed by atoms with van der Waals surface area (Å²) in [6.07, 6.45) is 6.64. The van der Waals surface area contributed by atoms with Crippen LogP contribution in [0, 0.1) is 5.21 Å². The molecule has 0 fully saturated rings. The van der Waals surface area contributed by atoms with Gasteiger partial charge >= 0.3 is 4.99 Å². The van der Waals surface area contributed by atoms with Crippen molar-refractivity contribution >= 4 is 17.2 Å². The highest BCUT2D eigenvalue weighted by molar-refractivity contribution is 7.59. The maximum Gasteiger partial charge on any atom is 0.380 e. The van der Waals surface area contributed by atoms with Crippen LogP contribution in [0.15, 0.2) is 24.4 Å². The Morgan fingerprint density at radius 3 is 2.62 bits per heavy atom. The van der Waals surface area contributed by atoms with E-state index in [-0.39, 0.29) is 5.06 Å². The fraction of sp³-hybridized carbons (Fsp3) is 0. The van der Waals surface area contributed by atoms with Crippen LogP contribution in [0.2, 0.25) is 0 Å². The van der Waals surface area contributed by atoms with Crippen LogP contribution in [0.1, 0.15) is 0 Å². The van der Waals surface area contributed by atoms with E-state index in [4.69, 9.17) is 0 Å². The first kappa shape index (κ1) is 5.62. The lowest BCUT2D eigenvalue weighted by atomic mass is 10.4. The highest BCUT2D eigenvalue weighted by atomic mass is 32.1. The third kappa shape index (κ3) is 1.01. The average Bonchev–Trinajstić information content (AvgIpc) is 1.77. The van der Waals surface area contributed by atoms with E-state index in [0.29, 0.717) is 4.99 Å². The molecule has 0 bridgehead atoms. The summed E-state index contributed by atoms with van der Waals surface area (Å²) in [5, 5.41) is 10.5. The van der Waals surface area contributed by atoms with Gasteiger partial charge in [0.15, 0.2) is 0 Å². The molecular formula is C5H6NOS+. The van der Waals surface area contributed by atoms with E-state index >= 15 is 0 Å². The van der Waals surface area contributed by atoms with Crippen LogP contribution in [-0.2, 0) is 12.2 Å². The Morgan fingerprint density at radius 2 is 2.25 bits per heavy atom. The number of quaternary nitrogens is 1. The molecule has 1 heterocycles. The number of thiol groups is 1. The zero-order chi connectivity index (χ0) is 5.98. The van der Waals surface area contributed by atoms with Gasteiger partial charge in [-0.1, -0.05) is 0 Å². The summed E-state index contributed by atoms with van der Waals surface area (Å²) >= 11 is 3.89. The van der Waals surface area contributed by atoms with Crippen molar-refractivity contribution in [3.05, 3.63) is 29.6 Å². The normalized spacial score (nSPS) is 26.6. The summed E-state index contributed by atoms with van der Waals surface area (Å²) in [4.78, 5) is 0.507. The van der Waals surface area contributed by atoms with E-state index in [0.717, 1.165) is 0 Å². The minimum atomic E-state index is -0.0177. The van der Waals surface area contributed by atoms with Gasteiger partial charge in [0.2, 0.25) is 12.2 Å². The third-order valence-corrected chi connectivity index (χ3v) is 1.23. The topological polar surface area (TPSA) is 27.5 Å². The highest BCUT2D eigenvalue weighted by Crippen LogP contribution is 1.77. The molecule has 0 saturated heterocycles. The second-order valence-electron chi connectivity index (χ2n) is 1.47. The molecule has 1 aliphatic rings. The van der Waals surface area contributed by atoms with Crippen molar-refractivity contribution in [3.8, 4) is 0 Å². The van der Waals surface area contributed by atoms with Gasteiger partial charge in [-0.05, 0) is 12.2 Å². The predicted octanol–water partition coefficient (Wildman–Crippen LogP) is -1.14. The molecule has 0 aliphatic carbocycles. The SMILES string of the molecule is [O-][NH+]1C=CC=CC1=[SH+]. The molecule has 2 nitrogen and oxygen atoms in total. The van der Waals surface area contributed by atoms with Crippen molar-refractivity contribution in [2.45, 2.75) is 0 Å². The summed E-state index contributed by atoms with van der Waals surface area (Å²) in [5.74, 6) is 0. The lowest BCUT2D eigenvalue weighted by Crippen LogP contribution is -3.05. The molecule has 1 rings (SSSR count). The van der Waals surface area contributed by atoms with Crippen molar-refractivity contribution in [2.75, 3.05) is 0 Å². The van der Waals surface area contributed by atoms with Crippen LogP contribution in [0.25, 0.3) is 0 Å². The Bertz CT molecular complexity index is 162. The zero-order valence-corrected chi connectivity index (χ0v) is 5.06. The van der Waals surface area contributed by atoms with E-state index in [1.54, 1.807) is 18.2 Å². The van der Waals surface area contributed by atoms with Crippen LogP contribution in [-0.4, -0.2) is 4.99 Å². The van der Waals surface area contributed by atoms with E-state index in [2.05, 4.69) is 12.2 Å².